The molecule has 1 N–H and O–H groups in total. The third-order valence-corrected chi connectivity index (χ3v) is 4.33. The number of para-hydroxylation sites is 1. The van der Waals surface area contributed by atoms with Gasteiger partial charge in [0, 0.05) is 6.54 Å². The van der Waals surface area contributed by atoms with E-state index in [0.29, 0.717) is 25.3 Å². The monoisotopic (exact) mass is 407 g/mol. The summed E-state index contributed by atoms with van der Waals surface area (Å²) in [5.41, 5.74) is 2.13. The number of amides is 1. The van der Waals surface area contributed by atoms with Crippen LogP contribution in [0.15, 0.2) is 78.9 Å². The molecule has 0 saturated heterocycles. The van der Waals surface area contributed by atoms with E-state index in [1.807, 2.05) is 30.3 Å². The third-order valence-electron chi connectivity index (χ3n) is 4.33. The normalized spacial score (nSPS) is 10.3. The number of ether oxygens (including phenoxy) is 2. The van der Waals surface area contributed by atoms with Crippen LogP contribution in [-0.4, -0.2) is 25.0 Å². The van der Waals surface area contributed by atoms with Crippen LogP contribution in [0.2, 0.25) is 0 Å². The average Bonchev–Trinajstić information content (AvgIpc) is 2.78. The second kappa shape index (κ2) is 10.8. The molecule has 6 heteroatoms. The minimum atomic E-state index is -0.632. The summed E-state index contributed by atoms with van der Waals surface area (Å²) in [7, 11) is 0. The first-order valence-corrected chi connectivity index (χ1v) is 9.56. The van der Waals surface area contributed by atoms with Crippen LogP contribution >= 0.6 is 0 Å². The summed E-state index contributed by atoms with van der Waals surface area (Å²) in [4.78, 5) is 24.3. The van der Waals surface area contributed by atoms with Crippen molar-refractivity contribution in [2.24, 2.45) is 0 Å². The Labute approximate surface area is 174 Å². The molecule has 0 aliphatic rings. The molecular weight excluding hydrogens is 385 g/mol. The largest absolute Gasteiger partial charge is 0.488 e. The minimum absolute atomic E-state index is 0.257. The van der Waals surface area contributed by atoms with Gasteiger partial charge in [0.25, 0.3) is 5.91 Å². The average molecular weight is 407 g/mol. The smallest absolute Gasteiger partial charge is 0.342 e. The molecule has 5 nitrogen and oxygen atoms in total. The fourth-order valence-electron chi connectivity index (χ4n) is 2.75. The Balaban J connectivity index is 1.46. The molecule has 154 valence electrons. The van der Waals surface area contributed by atoms with Crippen molar-refractivity contribution in [3.63, 3.8) is 0 Å². The molecular formula is C24H22FNO4. The SMILES string of the molecule is O=C(COC(=O)c1ccccc1OCc1ccccc1)NCCc1ccc(F)cc1. The number of halogens is 1. The zero-order valence-corrected chi connectivity index (χ0v) is 16.3. The number of benzene rings is 3. The summed E-state index contributed by atoms with van der Waals surface area (Å²) < 4.78 is 23.8. The van der Waals surface area contributed by atoms with Crippen LogP contribution in [0, 0.1) is 5.82 Å². The lowest BCUT2D eigenvalue weighted by Gasteiger charge is -2.11. The molecule has 3 aromatic rings. The van der Waals surface area contributed by atoms with Crippen molar-refractivity contribution in [2.45, 2.75) is 13.0 Å². The van der Waals surface area contributed by atoms with Gasteiger partial charge in [-0.15, -0.1) is 0 Å². The molecule has 3 rings (SSSR count). The number of hydrogen-bond acceptors (Lipinski definition) is 4. The van der Waals surface area contributed by atoms with Crippen molar-refractivity contribution in [3.05, 3.63) is 101 Å². The minimum Gasteiger partial charge on any atom is -0.488 e. The van der Waals surface area contributed by atoms with Gasteiger partial charge in [-0.25, -0.2) is 9.18 Å². The number of rotatable bonds is 9. The van der Waals surface area contributed by atoms with Crippen molar-refractivity contribution in [2.75, 3.05) is 13.2 Å². The van der Waals surface area contributed by atoms with E-state index in [2.05, 4.69) is 5.32 Å². The predicted molar refractivity (Wildman–Crippen MR) is 111 cm³/mol. The maximum Gasteiger partial charge on any atom is 0.342 e. The van der Waals surface area contributed by atoms with Crippen molar-refractivity contribution >= 4 is 11.9 Å². The molecule has 0 saturated carbocycles. The Morgan fingerprint density at radius 1 is 0.833 bits per heavy atom. The van der Waals surface area contributed by atoms with E-state index >= 15 is 0 Å². The summed E-state index contributed by atoms with van der Waals surface area (Å²) in [5, 5.41) is 2.67. The maximum atomic E-state index is 12.9. The van der Waals surface area contributed by atoms with E-state index in [9.17, 15) is 14.0 Å². The van der Waals surface area contributed by atoms with Crippen LogP contribution in [0.4, 0.5) is 4.39 Å². The molecule has 0 fully saturated rings. The van der Waals surface area contributed by atoms with E-state index < -0.39 is 18.5 Å². The molecule has 3 aromatic carbocycles. The fraction of sp³-hybridized carbons (Fsp3) is 0.167. The number of esters is 1. The molecule has 0 radical (unpaired) electrons. The van der Waals surface area contributed by atoms with Crippen molar-refractivity contribution in [1.29, 1.82) is 0 Å². The van der Waals surface area contributed by atoms with Gasteiger partial charge in [0.15, 0.2) is 6.61 Å². The van der Waals surface area contributed by atoms with Crippen LogP contribution in [-0.2, 0) is 22.6 Å². The van der Waals surface area contributed by atoms with Crippen molar-refractivity contribution in [1.82, 2.24) is 5.32 Å². The Morgan fingerprint density at radius 3 is 2.30 bits per heavy atom. The molecule has 0 aliphatic carbocycles. The summed E-state index contributed by atoms with van der Waals surface area (Å²) in [6.07, 6.45) is 0.552. The van der Waals surface area contributed by atoms with Gasteiger partial charge in [-0.3, -0.25) is 4.79 Å². The maximum absolute atomic E-state index is 12.9. The van der Waals surface area contributed by atoms with Crippen molar-refractivity contribution in [3.8, 4) is 5.75 Å². The van der Waals surface area contributed by atoms with Gasteiger partial charge in [-0.2, -0.15) is 0 Å². The van der Waals surface area contributed by atoms with Crippen LogP contribution in [0.3, 0.4) is 0 Å². The number of nitrogens with one attached hydrogen (secondary N) is 1. The van der Waals surface area contributed by atoms with E-state index in [1.165, 1.54) is 12.1 Å². The Bertz CT molecular complexity index is 974. The Kier molecular flexibility index (Phi) is 7.55. The lowest BCUT2D eigenvalue weighted by atomic mass is 10.1. The van der Waals surface area contributed by atoms with E-state index in [4.69, 9.17) is 9.47 Å². The van der Waals surface area contributed by atoms with Gasteiger partial charge < -0.3 is 14.8 Å². The predicted octanol–water partition coefficient (Wildman–Crippen LogP) is 3.92. The molecule has 0 aliphatic heterocycles. The first-order valence-electron chi connectivity index (χ1n) is 9.56. The third kappa shape index (κ3) is 6.44. The molecule has 0 bridgehead atoms. The molecule has 0 atom stereocenters. The molecule has 0 spiro atoms. The lowest BCUT2D eigenvalue weighted by Crippen LogP contribution is -2.30. The van der Waals surface area contributed by atoms with Gasteiger partial charge in [-0.1, -0.05) is 54.6 Å². The highest BCUT2D eigenvalue weighted by atomic mass is 19.1. The first-order chi connectivity index (χ1) is 14.6. The summed E-state index contributed by atoms with van der Waals surface area (Å²) in [5.74, 6) is -0.953. The van der Waals surface area contributed by atoms with Gasteiger partial charge >= 0.3 is 5.97 Å². The van der Waals surface area contributed by atoms with Crippen molar-refractivity contribution < 1.29 is 23.5 Å². The zero-order valence-electron chi connectivity index (χ0n) is 16.3. The van der Waals surface area contributed by atoms with E-state index in [0.717, 1.165) is 11.1 Å². The van der Waals surface area contributed by atoms with Crippen LogP contribution in [0.5, 0.6) is 5.75 Å². The quantitative estimate of drug-likeness (QED) is 0.546. The number of carbonyl (C=O) groups is 2. The number of carbonyl (C=O) groups excluding carboxylic acids is 2. The lowest BCUT2D eigenvalue weighted by molar-refractivity contribution is -0.124. The molecule has 30 heavy (non-hydrogen) atoms. The van der Waals surface area contributed by atoms with Crippen LogP contribution in [0.1, 0.15) is 21.5 Å². The van der Waals surface area contributed by atoms with Gasteiger partial charge in [0.05, 0.1) is 0 Å². The zero-order chi connectivity index (χ0) is 21.2. The summed E-state index contributed by atoms with van der Waals surface area (Å²) in [6.45, 7) is 0.281. The molecule has 0 heterocycles. The van der Waals surface area contributed by atoms with Gasteiger partial charge in [0.1, 0.15) is 23.7 Å². The topological polar surface area (TPSA) is 64.6 Å². The first kappa shape index (κ1) is 21.0. The standard InChI is InChI=1S/C24H22FNO4/c25-20-12-10-18(11-13-20)14-15-26-23(27)17-30-24(28)21-8-4-5-9-22(21)29-16-19-6-2-1-3-7-19/h1-13H,14-17H2,(H,26,27). The van der Waals surface area contributed by atoms with Crippen LogP contribution in [0.25, 0.3) is 0 Å². The van der Waals surface area contributed by atoms with Gasteiger partial charge in [0.2, 0.25) is 0 Å². The highest BCUT2D eigenvalue weighted by Crippen LogP contribution is 2.20. The highest BCUT2D eigenvalue weighted by molar-refractivity contribution is 5.93. The van der Waals surface area contributed by atoms with Gasteiger partial charge in [-0.05, 0) is 41.8 Å². The second-order valence-corrected chi connectivity index (χ2v) is 6.57. The van der Waals surface area contributed by atoms with Crippen LogP contribution < -0.4 is 10.1 Å². The molecule has 1 amide bonds. The Morgan fingerprint density at radius 2 is 1.53 bits per heavy atom. The summed E-state index contributed by atoms with van der Waals surface area (Å²) >= 11 is 0. The number of hydrogen-bond donors (Lipinski definition) is 1. The second-order valence-electron chi connectivity index (χ2n) is 6.57. The fourth-order valence-corrected chi connectivity index (χ4v) is 2.75. The Hall–Kier alpha value is -3.67. The molecule has 0 aromatic heterocycles. The summed E-state index contributed by atoms with van der Waals surface area (Å²) in [6, 6.07) is 22.4. The highest BCUT2D eigenvalue weighted by Gasteiger charge is 2.15. The molecule has 0 unspecified atom stereocenters. The van der Waals surface area contributed by atoms with E-state index in [1.54, 1.807) is 36.4 Å². The van der Waals surface area contributed by atoms with E-state index in [-0.39, 0.29) is 11.4 Å².